The average Bonchev–Trinajstić information content (AvgIpc) is 3.14. The lowest BCUT2D eigenvalue weighted by atomic mass is 10.1. The number of carbonyl (C=O) groups is 2. The molecule has 0 fully saturated rings. The normalized spacial score (nSPS) is 11.3. The van der Waals surface area contributed by atoms with Gasteiger partial charge in [0, 0.05) is 12.7 Å². The van der Waals surface area contributed by atoms with E-state index < -0.39 is 17.6 Å². The second kappa shape index (κ2) is 9.25. The molecule has 0 bridgehead atoms. The summed E-state index contributed by atoms with van der Waals surface area (Å²) >= 11 is 0. The van der Waals surface area contributed by atoms with Gasteiger partial charge >= 0.3 is 6.18 Å². The fourth-order valence-corrected chi connectivity index (χ4v) is 3.33. The molecule has 1 aromatic heterocycles. The molecule has 2 amide bonds. The number of nitrogens with zero attached hydrogens (tertiary/aromatic N) is 3. The van der Waals surface area contributed by atoms with E-state index in [1.165, 1.54) is 35.0 Å². The van der Waals surface area contributed by atoms with Crippen LogP contribution in [0.3, 0.4) is 0 Å². The molecule has 0 aliphatic rings. The van der Waals surface area contributed by atoms with Crippen LogP contribution in [0.5, 0.6) is 0 Å². The summed E-state index contributed by atoms with van der Waals surface area (Å²) in [6, 6.07) is 12.1. The molecule has 2 aromatic carbocycles. The number of halogens is 3. The monoisotopic (exact) mass is 444 g/mol. The van der Waals surface area contributed by atoms with Crippen LogP contribution in [0.2, 0.25) is 0 Å². The zero-order valence-electron chi connectivity index (χ0n) is 17.9. The van der Waals surface area contributed by atoms with Crippen LogP contribution in [-0.2, 0) is 17.4 Å². The standard InChI is InChI=1S/C23H23F3N4O2/c1-4-16-8-5-6-11-20(16)28-21(31)14-29(3)22(32)19-13-27-30(15(19)2)18-10-7-9-17(12-18)23(24,25)26/h5-13H,4,14H2,1-3H3,(H,28,31). The van der Waals surface area contributed by atoms with Gasteiger partial charge in [-0.05, 0) is 43.2 Å². The molecular formula is C23H23F3N4O2. The first-order valence-electron chi connectivity index (χ1n) is 9.97. The maximum atomic E-state index is 13.0. The number of para-hydroxylation sites is 1. The maximum absolute atomic E-state index is 13.0. The number of rotatable bonds is 6. The van der Waals surface area contributed by atoms with Crippen molar-refractivity contribution in [3.8, 4) is 5.69 Å². The van der Waals surface area contributed by atoms with E-state index in [0.29, 0.717) is 11.4 Å². The van der Waals surface area contributed by atoms with E-state index in [-0.39, 0.29) is 23.7 Å². The van der Waals surface area contributed by atoms with Crippen LogP contribution in [0.4, 0.5) is 18.9 Å². The highest BCUT2D eigenvalue weighted by atomic mass is 19.4. The van der Waals surface area contributed by atoms with Crippen molar-refractivity contribution < 1.29 is 22.8 Å². The quantitative estimate of drug-likeness (QED) is 0.610. The van der Waals surface area contributed by atoms with E-state index in [1.54, 1.807) is 13.0 Å². The van der Waals surface area contributed by atoms with Crippen LogP contribution in [-0.4, -0.2) is 40.1 Å². The lowest BCUT2D eigenvalue weighted by molar-refractivity contribution is -0.137. The summed E-state index contributed by atoms with van der Waals surface area (Å²) in [6.07, 6.45) is -2.45. The number of alkyl halides is 3. The number of anilines is 1. The second-order valence-electron chi connectivity index (χ2n) is 7.32. The Morgan fingerprint density at radius 1 is 1.12 bits per heavy atom. The van der Waals surface area contributed by atoms with Crippen molar-refractivity contribution >= 4 is 17.5 Å². The molecule has 0 radical (unpaired) electrons. The number of hydrogen-bond donors (Lipinski definition) is 1. The minimum absolute atomic E-state index is 0.188. The Bertz CT molecular complexity index is 1140. The van der Waals surface area contributed by atoms with Crippen molar-refractivity contribution in [2.24, 2.45) is 0 Å². The van der Waals surface area contributed by atoms with Crippen molar-refractivity contribution in [2.75, 3.05) is 18.9 Å². The molecule has 0 saturated carbocycles. The summed E-state index contributed by atoms with van der Waals surface area (Å²) < 4.78 is 40.3. The molecule has 0 atom stereocenters. The van der Waals surface area contributed by atoms with E-state index in [9.17, 15) is 22.8 Å². The van der Waals surface area contributed by atoms with E-state index >= 15 is 0 Å². The number of amides is 2. The SMILES string of the molecule is CCc1ccccc1NC(=O)CN(C)C(=O)c1cnn(-c2cccc(C(F)(F)F)c2)c1C. The summed E-state index contributed by atoms with van der Waals surface area (Å²) in [5.74, 6) is -0.815. The lowest BCUT2D eigenvalue weighted by Gasteiger charge is -2.17. The molecule has 9 heteroatoms. The zero-order chi connectivity index (χ0) is 23.5. The van der Waals surface area contributed by atoms with Gasteiger partial charge in [-0.25, -0.2) is 4.68 Å². The Hall–Kier alpha value is -3.62. The third kappa shape index (κ3) is 4.99. The Balaban J connectivity index is 1.74. The molecular weight excluding hydrogens is 421 g/mol. The van der Waals surface area contributed by atoms with Crippen LogP contribution >= 0.6 is 0 Å². The Kier molecular flexibility index (Phi) is 6.67. The molecule has 0 saturated heterocycles. The second-order valence-corrected chi connectivity index (χ2v) is 7.32. The number of nitrogens with one attached hydrogen (secondary N) is 1. The average molecular weight is 444 g/mol. The number of aryl methyl sites for hydroxylation is 1. The topological polar surface area (TPSA) is 67.2 Å². The molecule has 6 nitrogen and oxygen atoms in total. The number of aromatic nitrogens is 2. The largest absolute Gasteiger partial charge is 0.416 e. The van der Waals surface area contributed by atoms with Gasteiger partial charge in [-0.1, -0.05) is 31.2 Å². The Labute approximate surface area is 183 Å². The molecule has 0 aliphatic carbocycles. The number of likely N-dealkylation sites (N-methyl/N-ethyl adjacent to an activating group) is 1. The van der Waals surface area contributed by atoms with E-state index in [4.69, 9.17) is 0 Å². The van der Waals surface area contributed by atoms with Gasteiger partial charge in [0.1, 0.15) is 0 Å². The van der Waals surface area contributed by atoms with E-state index in [1.807, 2.05) is 25.1 Å². The minimum atomic E-state index is -4.49. The van der Waals surface area contributed by atoms with Crippen LogP contribution in [0, 0.1) is 6.92 Å². The molecule has 0 unspecified atom stereocenters. The summed E-state index contributed by atoms with van der Waals surface area (Å²) in [5, 5.41) is 6.89. The molecule has 3 rings (SSSR count). The predicted octanol–water partition coefficient (Wildman–Crippen LogP) is 4.47. The van der Waals surface area contributed by atoms with Crippen molar-refractivity contribution in [3.05, 3.63) is 77.1 Å². The van der Waals surface area contributed by atoms with Gasteiger partial charge < -0.3 is 10.2 Å². The third-order valence-electron chi connectivity index (χ3n) is 5.06. The van der Waals surface area contributed by atoms with Gasteiger partial charge in [-0.3, -0.25) is 9.59 Å². The Morgan fingerprint density at radius 3 is 2.53 bits per heavy atom. The van der Waals surface area contributed by atoms with Crippen LogP contribution in [0.15, 0.2) is 54.7 Å². The van der Waals surface area contributed by atoms with Crippen molar-refractivity contribution in [2.45, 2.75) is 26.4 Å². The van der Waals surface area contributed by atoms with Gasteiger partial charge in [0.2, 0.25) is 5.91 Å². The first kappa shape index (κ1) is 23.1. The first-order chi connectivity index (χ1) is 15.1. The number of carbonyl (C=O) groups excluding carboxylic acids is 2. The molecule has 3 aromatic rings. The van der Waals surface area contributed by atoms with Crippen molar-refractivity contribution in [1.29, 1.82) is 0 Å². The van der Waals surface area contributed by atoms with E-state index in [2.05, 4.69) is 10.4 Å². The van der Waals surface area contributed by atoms with Crippen molar-refractivity contribution in [1.82, 2.24) is 14.7 Å². The van der Waals surface area contributed by atoms with Crippen molar-refractivity contribution in [3.63, 3.8) is 0 Å². The lowest BCUT2D eigenvalue weighted by Crippen LogP contribution is -2.35. The fourth-order valence-electron chi connectivity index (χ4n) is 3.33. The van der Waals surface area contributed by atoms with E-state index in [0.717, 1.165) is 24.1 Å². The minimum Gasteiger partial charge on any atom is -0.332 e. The van der Waals surface area contributed by atoms with Gasteiger partial charge in [0.25, 0.3) is 5.91 Å². The highest BCUT2D eigenvalue weighted by molar-refractivity contribution is 6.00. The predicted molar refractivity (Wildman–Crippen MR) is 115 cm³/mol. The summed E-state index contributed by atoms with van der Waals surface area (Å²) in [4.78, 5) is 26.5. The molecule has 1 N–H and O–H groups in total. The fraction of sp³-hybridized carbons (Fsp3) is 0.261. The van der Waals surface area contributed by atoms with Crippen LogP contribution in [0.25, 0.3) is 5.69 Å². The maximum Gasteiger partial charge on any atom is 0.416 e. The third-order valence-corrected chi connectivity index (χ3v) is 5.06. The summed E-state index contributed by atoms with van der Waals surface area (Å²) in [5.41, 5.74) is 1.62. The summed E-state index contributed by atoms with van der Waals surface area (Å²) in [6.45, 7) is 3.38. The van der Waals surface area contributed by atoms with Gasteiger partial charge in [0.05, 0.1) is 35.2 Å². The zero-order valence-corrected chi connectivity index (χ0v) is 17.9. The Morgan fingerprint density at radius 2 is 1.84 bits per heavy atom. The first-order valence-corrected chi connectivity index (χ1v) is 9.97. The summed E-state index contributed by atoms with van der Waals surface area (Å²) in [7, 11) is 1.48. The molecule has 0 aliphatic heterocycles. The van der Waals surface area contributed by atoms with Crippen LogP contribution in [0.1, 0.15) is 34.1 Å². The number of benzene rings is 2. The molecule has 0 spiro atoms. The van der Waals surface area contributed by atoms with Gasteiger partial charge in [-0.15, -0.1) is 0 Å². The number of hydrogen-bond acceptors (Lipinski definition) is 3. The van der Waals surface area contributed by atoms with Crippen LogP contribution < -0.4 is 5.32 Å². The molecule has 1 heterocycles. The molecule has 168 valence electrons. The highest BCUT2D eigenvalue weighted by Gasteiger charge is 2.31. The van der Waals surface area contributed by atoms with Gasteiger partial charge in [-0.2, -0.15) is 18.3 Å². The molecule has 32 heavy (non-hydrogen) atoms. The van der Waals surface area contributed by atoms with Gasteiger partial charge in [0.15, 0.2) is 0 Å². The highest BCUT2D eigenvalue weighted by Crippen LogP contribution is 2.30. The smallest absolute Gasteiger partial charge is 0.332 e.